The number of rotatable bonds is 11. The predicted octanol–water partition coefficient (Wildman–Crippen LogP) is 4.88. The highest BCUT2D eigenvalue weighted by Gasteiger charge is 2.37. The van der Waals surface area contributed by atoms with Crippen molar-refractivity contribution >= 4 is 33.4 Å². The number of hydrogen-bond acceptors (Lipinski definition) is 7. The number of sulfonamides is 1. The highest BCUT2D eigenvalue weighted by Crippen LogP contribution is 2.27. The molecular formula is C25H28N2O6S2. The third-order valence-electron chi connectivity index (χ3n) is 5.14. The van der Waals surface area contributed by atoms with Gasteiger partial charge in [0.25, 0.3) is 10.0 Å². The molecule has 1 N–H and O–H groups in total. The molecule has 1 atom stereocenters. The number of thiophene rings is 1. The molecule has 0 aliphatic heterocycles. The van der Waals surface area contributed by atoms with Crippen LogP contribution in [0.5, 0.6) is 0 Å². The molecule has 3 rings (SSSR count). The van der Waals surface area contributed by atoms with E-state index < -0.39 is 28.1 Å². The van der Waals surface area contributed by atoms with E-state index in [0.717, 1.165) is 33.2 Å². The molecule has 1 unspecified atom stereocenters. The summed E-state index contributed by atoms with van der Waals surface area (Å²) in [5, 5.41) is 1.66. The van der Waals surface area contributed by atoms with Crippen LogP contribution < -0.4 is 5.48 Å². The first-order chi connectivity index (χ1) is 16.9. The number of carbonyl (C=O) groups excluding carboxylic acids is 2. The average Bonchev–Trinajstić information content (AvgIpc) is 3.43. The summed E-state index contributed by atoms with van der Waals surface area (Å²) in [5.74, 6) is -0.883. The molecule has 8 nitrogen and oxygen atoms in total. The number of amides is 1. The standard InChI is InChI=1S/C25H28N2O6S2/c1-2-3-15-22(24(28)33-26-25(29)32-19-21-13-8-5-9-14-21)27(18-20-11-6-4-7-12-20)35(30,31)23-16-10-17-34-23/h4-14,16-17,22H,2-3,15,18-19H2,1H3,(H,26,29). The molecule has 0 bridgehead atoms. The van der Waals surface area contributed by atoms with Crippen LogP contribution in [0.4, 0.5) is 4.79 Å². The topological polar surface area (TPSA) is 102 Å². The minimum Gasteiger partial charge on any atom is -0.443 e. The van der Waals surface area contributed by atoms with Gasteiger partial charge in [-0.15, -0.1) is 16.8 Å². The Morgan fingerprint density at radius 1 is 0.971 bits per heavy atom. The lowest BCUT2D eigenvalue weighted by molar-refractivity contribution is -0.155. The van der Waals surface area contributed by atoms with Gasteiger partial charge >= 0.3 is 12.1 Å². The van der Waals surface area contributed by atoms with Crippen LogP contribution in [0.3, 0.4) is 0 Å². The molecule has 1 heterocycles. The highest BCUT2D eigenvalue weighted by molar-refractivity contribution is 7.91. The molecule has 10 heteroatoms. The number of carbonyl (C=O) groups is 2. The number of nitrogens with zero attached hydrogens (tertiary/aromatic N) is 1. The fourth-order valence-electron chi connectivity index (χ4n) is 3.34. The van der Waals surface area contributed by atoms with Gasteiger partial charge in [-0.25, -0.2) is 18.0 Å². The zero-order valence-electron chi connectivity index (χ0n) is 19.3. The van der Waals surface area contributed by atoms with Crippen molar-refractivity contribution in [1.82, 2.24) is 9.79 Å². The fraction of sp³-hybridized carbons (Fsp3) is 0.280. The van der Waals surface area contributed by atoms with Crippen molar-refractivity contribution in [3.63, 3.8) is 0 Å². The van der Waals surface area contributed by atoms with E-state index in [-0.39, 0.29) is 23.8 Å². The van der Waals surface area contributed by atoms with Crippen molar-refractivity contribution in [2.45, 2.75) is 49.6 Å². The molecule has 1 aromatic heterocycles. The molecule has 0 saturated heterocycles. The second-order valence-electron chi connectivity index (χ2n) is 7.71. The third-order valence-corrected chi connectivity index (χ3v) is 8.37. The summed E-state index contributed by atoms with van der Waals surface area (Å²) < 4.78 is 33.4. The first-order valence-corrected chi connectivity index (χ1v) is 13.5. The van der Waals surface area contributed by atoms with Crippen LogP contribution in [0.25, 0.3) is 0 Å². The maximum absolute atomic E-state index is 13.5. The number of hydrogen-bond donors (Lipinski definition) is 1. The molecule has 3 aromatic rings. The van der Waals surface area contributed by atoms with Crippen molar-refractivity contribution in [3.05, 3.63) is 89.3 Å². The van der Waals surface area contributed by atoms with Gasteiger partial charge < -0.3 is 9.57 Å². The molecule has 0 aliphatic rings. The van der Waals surface area contributed by atoms with E-state index in [0.29, 0.717) is 6.42 Å². The van der Waals surface area contributed by atoms with E-state index in [4.69, 9.17) is 9.57 Å². The number of hydroxylamine groups is 1. The van der Waals surface area contributed by atoms with Gasteiger partial charge in [-0.3, -0.25) is 0 Å². The number of ether oxygens (including phenoxy) is 1. The number of benzene rings is 2. The summed E-state index contributed by atoms with van der Waals surface area (Å²) >= 11 is 1.07. The lowest BCUT2D eigenvalue weighted by atomic mass is 10.1. The van der Waals surface area contributed by atoms with Gasteiger partial charge in [-0.1, -0.05) is 86.5 Å². The SMILES string of the molecule is CCCCC(C(=O)ONC(=O)OCc1ccccc1)N(Cc1ccccc1)S(=O)(=O)c1cccs1. The van der Waals surface area contributed by atoms with Gasteiger partial charge in [-0.05, 0) is 29.0 Å². The molecular weight excluding hydrogens is 488 g/mol. The minimum atomic E-state index is -4.01. The van der Waals surface area contributed by atoms with Gasteiger partial charge in [0.2, 0.25) is 0 Å². The van der Waals surface area contributed by atoms with E-state index in [9.17, 15) is 18.0 Å². The van der Waals surface area contributed by atoms with E-state index in [1.807, 2.05) is 36.7 Å². The zero-order valence-corrected chi connectivity index (χ0v) is 21.0. The van der Waals surface area contributed by atoms with Crippen LogP contribution in [0, 0.1) is 0 Å². The molecule has 0 aliphatic carbocycles. The summed E-state index contributed by atoms with van der Waals surface area (Å²) in [6, 6.07) is 20.0. The second-order valence-corrected chi connectivity index (χ2v) is 10.8. The lowest BCUT2D eigenvalue weighted by Gasteiger charge is -2.29. The molecule has 2 aromatic carbocycles. The summed E-state index contributed by atoms with van der Waals surface area (Å²) in [4.78, 5) is 30.2. The van der Waals surface area contributed by atoms with E-state index in [1.165, 1.54) is 6.07 Å². The maximum atomic E-state index is 13.5. The lowest BCUT2D eigenvalue weighted by Crippen LogP contribution is -2.47. The smallest absolute Gasteiger partial charge is 0.441 e. The van der Waals surface area contributed by atoms with Crippen LogP contribution >= 0.6 is 11.3 Å². The quantitative estimate of drug-likeness (QED) is 0.365. The predicted molar refractivity (Wildman–Crippen MR) is 133 cm³/mol. The summed E-state index contributed by atoms with van der Waals surface area (Å²) in [6.45, 7) is 1.91. The fourth-order valence-corrected chi connectivity index (χ4v) is 6.06. The largest absolute Gasteiger partial charge is 0.443 e. The Balaban J connectivity index is 1.76. The first kappa shape index (κ1) is 26.4. The van der Waals surface area contributed by atoms with E-state index >= 15 is 0 Å². The van der Waals surface area contributed by atoms with Gasteiger partial charge in [0.05, 0.1) is 0 Å². The molecule has 0 radical (unpaired) electrons. The van der Waals surface area contributed by atoms with Crippen molar-refractivity contribution in [3.8, 4) is 0 Å². The average molecular weight is 517 g/mol. The van der Waals surface area contributed by atoms with Gasteiger partial charge in [0.15, 0.2) is 0 Å². The highest BCUT2D eigenvalue weighted by atomic mass is 32.2. The second kappa shape index (κ2) is 13.0. The van der Waals surface area contributed by atoms with Crippen molar-refractivity contribution < 1.29 is 27.6 Å². The third kappa shape index (κ3) is 7.64. The van der Waals surface area contributed by atoms with E-state index in [1.54, 1.807) is 47.8 Å². The van der Waals surface area contributed by atoms with E-state index in [2.05, 4.69) is 0 Å². The summed E-state index contributed by atoms with van der Waals surface area (Å²) in [5.41, 5.74) is 3.47. The molecule has 1 amide bonds. The Bertz CT molecular complexity index is 1170. The van der Waals surface area contributed by atoms with Gasteiger partial charge in [0, 0.05) is 6.54 Å². The van der Waals surface area contributed by atoms with Crippen LogP contribution in [0.2, 0.25) is 0 Å². The van der Waals surface area contributed by atoms with Crippen molar-refractivity contribution in [2.75, 3.05) is 0 Å². The summed E-state index contributed by atoms with van der Waals surface area (Å²) in [6.07, 6.45) is 0.609. The Morgan fingerprint density at radius 2 is 1.63 bits per heavy atom. The molecule has 186 valence electrons. The monoisotopic (exact) mass is 516 g/mol. The normalized spacial score (nSPS) is 12.2. The van der Waals surface area contributed by atoms with Crippen LogP contribution in [-0.2, 0) is 37.5 Å². The molecule has 0 spiro atoms. The Kier molecular flexibility index (Phi) is 9.83. The van der Waals surface area contributed by atoms with Crippen LogP contribution in [-0.4, -0.2) is 30.8 Å². The van der Waals surface area contributed by atoms with Crippen molar-refractivity contribution in [2.24, 2.45) is 0 Å². The number of nitrogens with one attached hydrogen (secondary N) is 1. The molecule has 35 heavy (non-hydrogen) atoms. The minimum absolute atomic E-state index is 0.00359. The Labute approximate surface area is 209 Å². The van der Waals surface area contributed by atoms with Crippen LogP contribution in [0.15, 0.2) is 82.4 Å². The van der Waals surface area contributed by atoms with Gasteiger partial charge in [0.1, 0.15) is 16.9 Å². The van der Waals surface area contributed by atoms with Crippen LogP contribution in [0.1, 0.15) is 37.3 Å². The summed E-state index contributed by atoms with van der Waals surface area (Å²) in [7, 11) is -4.01. The van der Waals surface area contributed by atoms with Crippen molar-refractivity contribution in [1.29, 1.82) is 0 Å². The zero-order chi connectivity index (χ0) is 25.1. The maximum Gasteiger partial charge on any atom is 0.441 e. The molecule has 0 fully saturated rings. The number of unbranched alkanes of at least 4 members (excludes halogenated alkanes) is 1. The Hall–Kier alpha value is -3.21. The Morgan fingerprint density at radius 3 is 2.23 bits per heavy atom. The van der Waals surface area contributed by atoms with Gasteiger partial charge in [-0.2, -0.15) is 4.31 Å². The molecule has 0 saturated carbocycles. The first-order valence-electron chi connectivity index (χ1n) is 11.2.